The molecule has 0 bridgehead atoms. The first-order valence-corrected chi connectivity index (χ1v) is 13.5. The number of nitrogens with one attached hydrogen (secondary N) is 2. The molecule has 0 heterocycles. The first-order chi connectivity index (χ1) is 18.1. The van der Waals surface area contributed by atoms with Crippen molar-refractivity contribution < 1.29 is 28.7 Å². The van der Waals surface area contributed by atoms with Gasteiger partial charge in [-0.3, -0.25) is 19.2 Å². The predicted molar refractivity (Wildman–Crippen MR) is 149 cm³/mol. The van der Waals surface area contributed by atoms with Crippen LogP contribution in [-0.2, 0) is 36.9 Å². The van der Waals surface area contributed by atoms with Gasteiger partial charge in [0.2, 0.25) is 11.8 Å². The minimum absolute atomic E-state index is 0.106. The third-order valence-corrected chi connectivity index (χ3v) is 7.05. The maximum absolute atomic E-state index is 13.6. The standard InChI is InChI=1S/C29H38N2O6S/c1-19(2)15-24(26(38-20(3)32)17-27(33)37-18-22-9-7-6-8-10-22)28(34)31-25(29(35)30-4)16-21-11-13-23(36-5)14-12-21/h6-14,19,24-26H,15-18H2,1-5H3,(H,30,35)(H,31,34)/t24-,25-,26+/m0/s1. The molecule has 0 saturated heterocycles. The number of benzene rings is 2. The summed E-state index contributed by atoms with van der Waals surface area (Å²) in [6.45, 7) is 5.46. The van der Waals surface area contributed by atoms with E-state index < -0.39 is 23.2 Å². The number of hydrogen-bond donors (Lipinski definition) is 2. The summed E-state index contributed by atoms with van der Waals surface area (Å²) in [6.07, 6.45) is 0.601. The zero-order valence-corrected chi connectivity index (χ0v) is 23.5. The van der Waals surface area contributed by atoms with Gasteiger partial charge in [0.1, 0.15) is 18.4 Å². The third kappa shape index (κ3) is 10.6. The minimum atomic E-state index is -0.830. The van der Waals surface area contributed by atoms with Crippen LogP contribution in [0.5, 0.6) is 5.75 Å². The van der Waals surface area contributed by atoms with Gasteiger partial charge < -0.3 is 20.1 Å². The summed E-state index contributed by atoms with van der Waals surface area (Å²) in [5.41, 5.74) is 1.69. The fourth-order valence-corrected chi connectivity index (χ4v) is 5.08. The highest BCUT2D eigenvalue weighted by Gasteiger charge is 2.35. The Hall–Kier alpha value is -3.33. The molecule has 9 heteroatoms. The van der Waals surface area contributed by atoms with E-state index in [1.165, 1.54) is 14.0 Å². The molecule has 0 aliphatic rings. The molecule has 0 fully saturated rings. The first-order valence-electron chi connectivity index (χ1n) is 12.6. The van der Waals surface area contributed by atoms with Crippen LogP contribution in [0.2, 0.25) is 0 Å². The molecule has 0 unspecified atom stereocenters. The Labute approximate surface area is 229 Å². The summed E-state index contributed by atoms with van der Waals surface area (Å²) in [4.78, 5) is 51.1. The van der Waals surface area contributed by atoms with E-state index in [0.717, 1.165) is 22.9 Å². The second kappa shape index (κ2) is 15.8. The van der Waals surface area contributed by atoms with E-state index in [1.54, 1.807) is 19.2 Å². The van der Waals surface area contributed by atoms with Gasteiger partial charge in [-0.05, 0) is 35.6 Å². The van der Waals surface area contributed by atoms with Gasteiger partial charge in [-0.15, -0.1) is 0 Å². The van der Waals surface area contributed by atoms with Gasteiger partial charge in [-0.1, -0.05) is 68.1 Å². The maximum atomic E-state index is 13.6. The van der Waals surface area contributed by atoms with Crippen molar-refractivity contribution in [2.45, 2.75) is 57.9 Å². The van der Waals surface area contributed by atoms with E-state index in [-0.39, 0.29) is 42.3 Å². The van der Waals surface area contributed by atoms with Gasteiger partial charge in [0.15, 0.2) is 5.12 Å². The van der Waals surface area contributed by atoms with Crippen LogP contribution in [0.1, 0.15) is 44.7 Å². The average Bonchev–Trinajstić information content (AvgIpc) is 2.90. The second-order valence-electron chi connectivity index (χ2n) is 9.46. The van der Waals surface area contributed by atoms with Crippen LogP contribution < -0.4 is 15.4 Å². The van der Waals surface area contributed by atoms with Crippen LogP contribution in [-0.4, -0.2) is 48.3 Å². The topological polar surface area (TPSA) is 111 Å². The zero-order chi connectivity index (χ0) is 28.1. The van der Waals surface area contributed by atoms with E-state index in [2.05, 4.69) is 10.6 Å². The van der Waals surface area contributed by atoms with Gasteiger partial charge in [-0.2, -0.15) is 0 Å². The highest BCUT2D eigenvalue weighted by Crippen LogP contribution is 2.30. The number of ether oxygens (including phenoxy) is 2. The van der Waals surface area contributed by atoms with Crippen LogP contribution in [0.4, 0.5) is 0 Å². The quantitative estimate of drug-likeness (QED) is 0.348. The molecule has 0 spiro atoms. The van der Waals surface area contributed by atoms with E-state index in [0.29, 0.717) is 12.2 Å². The molecule has 2 N–H and O–H groups in total. The number of rotatable bonds is 14. The molecule has 0 radical (unpaired) electrons. The molecule has 2 aromatic carbocycles. The molecule has 38 heavy (non-hydrogen) atoms. The Balaban J connectivity index is 2.20. The van der Waals surface area contributed by atoms with E-state index >= 15 is 0 Å². The highest BCUT2D eigenvalue weighted by atomic mass is 32.2. The molecule has 2 rings (SSSR count). The molecule has 0 aliphatic carbocycles. The SMILES string of the molecule is CNC(=O)[C@H](Cc1ccc(OC)cc1)NC(=O)[C@@H](CC(C)C)[C@@H](CC(=O)OCc1ccccc1)SC(C)=O. The van der Waals surface area contributed by atoms with Gasteiger partial charge in [0.05, 0.1) is 19.4 Å². The van der Waals surface area contributed by atoms with Crippen molar-refractivity contribution in [3.05, 3.63) is 65.7 Å². The Morgan fingerprint density at radius 3 is 2.13 bits per heavy atom. The number of hydrogen-bond acceptors (Lipinski definition) is 7. The molecule has 0 aromatic heterocycles. The summed E-state index contributed by atoms with van der Waals surface area (Å²) in [5, 5.41) is 4.65. The lowest BCUT2D eigenvalue weighted by Gasteiger charge is -2.28. The molecule has 3 atom stereocenters. The number of likely N-dealkylation sites (N-methyl/N-ethyl adjacent to an activating group) is 1. The number of esters is 1. The minimum Gasteiger partial charge on any atom is -0.497 e. The predicted octanol–water partition coefficient (Wildman–Crippen LogP) is 3.91. The summed E-state index contributed by atoms with van der Waals surface area (Å²) < 4.78 is 10.6. The Morgan fingerprint density at radius 1 is 0.921 bits per heavy atom. The monoisotopic (exact) mass is 542 g/mol. The van der Waals surface area contributed by atoms with Crippen molar-refractivity contribution in [3.63, 3.8) is 0 Å². The van der Waals surface area contributed by atoms with E-state index in [1.807, 2.05) is 56.3 Å². The van der Waals surface area contributed by atoms with Crippen molar-refractivity contribution in [1.29, 1.82) is 0 Å². The number of methoxy groups -OCH3 is 1. The molecular formula is C29H38N2O6S. The van der Waals surface area contributed by atoms with Crippen LogP contribution >= 0.6 is 11.8 Å². The van der Waals surface area contributed by atoms with Crippen LogP contribution in [0.25, 0.3) is 0 Å². The smallest absolute Gasteiger partial charge is 0.307 e. The third-order valence-electron chi connectivity index (χ3n) is 5.92. The number of carbonyl (C=O) groups is 4. The van der Waals surface area contributed by atoms with Crippen LogP contribution in [0, 0.1) is 11.8 Å². The molecule has 2 amide bonds. The lowest BCUT2D eigenvalue weighted by Crippen LogP contribution is -2.50. The summed E-state index contributed by atoms with van der Waals surface area (Å²) in [6, 6.07) is 15.7. The average molecular weight is 543 g/mol. The van der Waals surface area contributed by atoms with Crippen molar-refractivity contribution in [2.24, 2.45) is 11.8 Å². The maximum Gasteiger partial charge on any atom is 0.307 e. The number of thioether (sulfide) groups is 1. The molecule has 0 aliphatic heterocycles. The van der Waals surface area contributed by atoms with E-state index in [9.17, 15) is 19.2 Å². The normalized spacial score (nSPS) is 13.2. The largest absolute Gasteiger partial charge is 0.497 e. The van der Waals surface area contributed by atoms with Gasteiger partial charge in [0, 0.05) is 25.6 Å². The second-order valence-corrected chi connectivity index (χ2v) is 10.9. The highest BCUT2D eigenvalue weighted by molar-refractivity contribution is 8.14. The summed E-state index contributed by atoms with van der Waals surface area (Å²) >= 11 is 0.962. The van der Waals surface area contributed by atoms with Crippen molar-refractivity contribution in [1.82, 2.24) is 10.6 Å². The van der Waals surface area contributed by atoms with Crippen molar-refractivity contribution in [2.75, 3.05) is 14.2 Å². The van der Waals surface area contributed by atoms with Crippen molar-refractivity contribution >= 4 is 34.7 Å². The Morgan fingerprint density at radius 2 is 1.58 bits per heavy atom. The lowest BCUT2D eigenvalue weighted by molar-refractivity contribution is -0.145. The van der Waals surface area contributed by atoms with Crippen molar-refractivity contribution in [3.8, 4) is 5.75 Å². The van der Waals surface area contributed by atoms with Crippen LogP contribution in [0.3, 0.4) is 0 Å². The fraction of sp³-hybridized carbons (Fsp3) is 0.448. The zero-order valence-electron chi connectivity index (χ0n) is 22.7. The van der Waals surface area contributed by atoms with E-state index in [4.69, 9.17) is 9.47 Å². The molecule has 206 valence electrons. The molecular weight excluding hydrogens is 504 g/mol. The molecule has 0 saturated carbocycles. The summed E-state index contributed by atoms with van der Waals surface area (Å²) in [7, 11) is 3.09. The Kier molecular flexibility index (Phi) is 12.9. The van der Waals surface area contributed by atoms with Gasteiger partial charge in [0.25, 0.3) is 0 Å². The summed E-state index contributed by atoms with van der Waals surface area (Å²) in [5.74, 6) is -1.09. The Bertz CT molecular complexity index is 1060. The number of amides is 2. The first kappa shape index (κ1) is 30.9. The fourth-order valence-electron chi connectivity index (χ4n) is 4.04. The van der Waals surface area contributed by atoms with Gasteiger partial charge >= 0.3 is 5.97 Å². The van der Waals surface area contributed by atoms with Gasteiger partial charge in [-0.25, -0.2) is 0 Å². The van der Waals surface area contributed by atoms with Crippen LogP contribution in [0.15, 0.2) is 54.6 Å². The number of carbonyl (C=O) groups excluding carboxylic acids is 4. The lowest BCUT2D eigenvalue weighted by atomic mass is 9.91. The molecule has 2 aromatic rings. The molecule has 8 nitrogen and oxygen atoms in total.